The number of anilines is 1. The first-order chi connectivity index (χ1) is 15.4. The van der Waals surface area contributed by atoms with Crippen molar-refractivity contribution in [2.24, 2.45) is 0 Å². The molecule has 32 heavy (non-hydrogen) atoms. The molecule has 2 heterocycles. The number of piperidine rings is 1. The number of aromatic nitrogens is 3. The number of rotatable bonds is 7. The van der Waals surface area contributed by atoms with Gasteiger partial charge in [-0.05, 0) is 44.0 Å². The molecule has 2 N–H and O–H groups in total. The highest BCUT2D eigenvalue weighted by Crippen LogP contribution is 2.25. The van der Waals surface area contributed by atoms with E-state index in [1.165, 1.54) is 16.1 Å². The van der Waals surface area contributed by atoms with Crippen LogP contribution in [0.5, 0.6) is 0 Å². The lowest BCUT2D eigenvalue weighted by atomic mass is 10.2. The van der Waals surface area contributed by atoms with Gasteiger partial charge in [0, 0.05) is 24.3 Å². The number of aromatic amines is 1. The first-order valence-electron chi connectivity index (χ1n) is 10.5. The van der Waals surface area contributed by atoms with Crippen LogP contribution in [-0.2, 0) is 14.8 Å². The molecule has 4 rings (SSSR count). The normalized spacial score (nSPS) is 15.9. The summed E-state index contributed by atoms with van der Waals surface area (Å²) in [4.78, 5) is 17.3. The number of amides is 1. The summed E-state index contributed by atoms with van der Waals surface area (Å²) in [5.41, 5.74) is 1.46. The molecule has 1 aliphatic heterocycles. The largest absolute Gasteiger partial charge is 0.325 e. The number of benzene rings is 2. The topological polar surface area (TPSA) is 108 Å². The number of nitrogens with zero attached hydrogens (tertiary/aromatic N) is 3. The maximum atomic E-state index is 12.8. The van der Waals surface area contributed by atoms with Crippen LogP contribution in [0.3, 0.4) is 0 Å². The third kappa shape index (κ3) is 5.20. The fourth-order valence-corrected chi connectivity index (χ4v) is 5.69. The molecular formula is C22H25N5O3S2. The third-order valence-electron chi connectivity index (χ3n) is 5.24. The highest BCUT2D eigenvalue weighted by atomic mass is 32.2. The second-order valence-corrected chi connectivity index (χ2v) is 10.8. The summed E-state index contributed by atoms with van der Waals surface area (Å²) in [6.07, 6.45) is 2.84. The van der Waals surface area contributed by atoms with Crippen molar-refractivity contribution in [3.8, 4) is 11.4 Å². The molecule has 10 heteroatoms. The molecule has 1 fully saturated rings. The van der Waals surface area contributed by atoms with Crippen LogP contribution in [0.25, 0.3) is 11.4 Å². The van der Waals surface area contributed by atoms with Crippen molar-refractivity contribution in [1.29, 1.82) is 0 Å². The van der Waals surface area contributed by atoms with Crippen molar-refractivity contribution in [2.75, 3.05) is 18.4 Å². The first-order valence-corrected chi connectivity index (χ1v) is 12.8. The van der Waals surface area contributed by atoms with Crippen molar-refractivity contribution >= 4 is 33.4 Å². The summed E-state index contributed by atoms with van der Waals surface area (Å²) in [6, 6.07) is 15.9. The second-order valence-electron chi connectivity index (χ2n) is 7.57. The SMILES string of the molecule is CC(Sc1n[nH]c(-c2ccccc2)n1)C(=O)Nc1ccc(S(=O)(=O)N2CCCCC2)cc1. The highest BCUT2D eigenvalue weighted by molar-refractivity contribution is 8.00. The molecule has 1 saturated heterocycles. The van der Waals surface area contributed by atoms with Gasteiger partial charge in [-0.2, -0.15) is 4.31 Å². The summed E-state index contributed by atoms with van der Waals surface area (Å²) in [6.45, 7) is 2.89. The van der Waals surface area contributed by atoms with Crippen molar-refractivity contribution in [2.45, 2.75) is 41.5 Å². The molecule has 168 valence electrons. The van der Waals surface area contributed by atoms with E-state index in [1.54, 1.807) is 31.2 Å². The molecule has 1 amide bonds. The van der Waals surface area contributed by atoms with Crippen molar-refractivity contribution in [1.82, 2.24) is 19.5 Å². The number of hydrogen-bond donors (Lipinski definition) is 2. The van der Waals surface area contributed by atoms with Crippen LogP contribution in [-0.4, -0.2) is 52.2 Å². The lowest BCUT2D eigenvalue weighted by molar-refractivity contribution is -0.115. The minimum absolute atomic E-state index is 0.215. The van der Waals surface area contributed by atoms with Gasteiger partial charge in [0.25, 0.3) is 0 Å². The molecule has 0 bridgehead atoms. The molecule has 0 radical (unpaired) electrons. The van der Waals surface area contributed by atoms with Crippen molar-refractivity contribution in [3.05, 3.63) is 54.6 Å². The van der Waals surface area contributed by atoms with Crippen LogP contribution in [0.2, 0.25) is 0 Å². The molecule has 0 saturated carbocycles. The summed E-state index contributed by atoms with van der Waals surface area (Å²) in [5, 5.41) is 9.94. The number of carbonyl (C=O) groups excluding carboxylic acids is 1. The highest BCUT2D eigenvalue weighted by Gasteiger charge is 2.26. The Bertz CT molecular complexity index is 1160. The molecule has 1 unspecified atom stereocenters. The summed E-state index contributed by atoms with van der Waals surface area (Å²) < 4.78 is 27.0. The number of carbonyl (C=O) groups is 1. The van der Waals surface area contributed by atoms with E-state index >= 15 is 0 Å². The Morgan fingerprint density at radius 2 is 1.75 bits per heavy atom. The van der Waals surface area contributed by atoms with E-state index in [2.05, 4.69) is 20.5 Å². The lowest BCUT2D eigenvalue weighted by Crippen LogP contribution is -2.35. The van der Waals surface area contributed by atoms with Gasteiger partial charge in [-0.1, -0.05) is 48.5 Å². The lowest BCUT2D eigenvalue weighted by Gasteiger charge is -2.25. The molecule has 8 nitrogen and oxygen atoms in total. The van der Waals surface area contributed by atoms with Gasteiger partial charge in [0.15, 0.2) is 5.82 Å². The second kappa shape index (κ2) is 9.85. The standard InChI is InChI=1S/C22H25N5O3S2/c1-16(31-22-24-20(25-26-22)17-8-4-2-5-9-17)21(28)23-18-10-12-19(13-11-18)32(29,30)27-14-6-3-7-15-27/h2,4-5,8-13,16H,3,6-7,14-15H2,1H3,(H,23,28)(H,24,25,26). The number of thioether (sulfide) groups is 1. The number of nitrogens with one attached hydrogen (secondary N) is 2. The van der Waals surface area contributed by atoms with Crippen molar-refractivity contribution < 1.29 is 13.2 Å². The van der Waals surface area contributed by atoms with Gasteiger partial charge in [0.05, 0.1) is 10.1 Å². The average molecular weight is 472 g/mol. The van der Waals surface area contributed by atoms with Crippen LogP contribution in [0.4, 0.5) is 5.69 Å². The van der Waals surface area contributed by atoms with E-state index in [-0.39, 0.29) is 10.8 Å². The number of H-pyrrole nitrogens is 1. The number of sulfonamides is 1. The molecule has 1 aromatic heterocycles. The summed E-state index contributed by atoms with van der Waals surface area (Å²) in [5.74, 6) is 0.430. The van der Waals surface area contributed by atoms with E-state index < -0.39 is 15.3 Å². The van der Waals surface area contributed by atoms with Crippen LogP contribution in [0.15, 0.2) is 64.6 Å². The molecule has 2 aromatic carbocycles. The molecular weight excluding hydrogens is 446 g/mol. The fourth-order valence-electron chi connectivity index (χ4n) is 3.44. The Kier molecular flexibility index (Phi) is 6.92. The van der Waals surface area contributed by atoms with E-state index in [9.17, 15) is 13.2 Å². The summed E-state index contributed by atoms with van der Waals surface area (Å²) >= 11 is 1.24. The predicted molar refractivity (Wildman–Crippen MR) is 125 cm³/mol. The zero-order valence-corrected chi connectivity index (χ0v) is 19.3. The van der Waals surface area contributed by atoms with Crippen LogP contribution in [0.1, 0.15) is 26.2 Å². The van der Waals surface area contributed by atoms with Gasteiger partial charge in [-0.3, -0.25) is 9.89 Å². The van der Waals surface area contributed by atoms with Gasteiger partial charge in [-0.15, -0.1) is 5.10 Å². The minimum Gasteiger partial charge on any atom is -0.325 e. The fraction of sp³-hybridized carbons (Fsp3) is 0.318. The van der Waals surface area contributed by atoms with Gasteiger partial charge >= 0.3 is 0 Å². The third-order valence-corrected chi connectivity index (χ3v) is 8.11. The molecule has 0 spiro atoms. The number of hydrogen-bond acceptors (Lipinski definition) is 6. The quantitative estimate of drug-likeness (QED) is 0.508. The molecule has 1 aliphatic rings. The van der Waals surface area contributed by atoms with Gasteiger partial charge in [-0.25, -0.2) is 13.4 Å². The maximum Gasteiger partial charge on any atom is 0.243 e. The first kappa shape index (κ1) is 22.5. The Labute approximate surface area is 191 Å². The Morgan fingerprint density at radius 1 is 1.06 bits per heavy atom. The minimum atomic E-state index is -3.49. The van der Waals surface area contributed by atoms with Crippen LogP contribution < -0.4 is 5.32 Å². The van der Waals surface area contributed by atoms with E-state index in [0.717, 1.165) is 24.8 Å². The van der Waals surface area contributed by atoms with Crippen molar-refractivity contribution in [3.63, 3.8) is 0 Å². The smallest absolute Gasteiger partial charge is 0.243 e. The molecule has 3 aromatic rings. The van der Waals surface area contributed by atoms with Gasteiger partial charge in [0.2, 0.25) is 21.1 Å². The van der Waals surface area contributed by atoms with Crippen LogP contribution in [0, 0.1) is 0 Å². The Hall–Kier alpha value is -2.69. The summed E-state index contributed by atoms with van der Waals surface area (Å²) in [7, 11) is -3.49. The Balaban J connectivity index is 1.36. The van der Waals surface area contributed by atoms with Crippen LogP contribution >= 0.6 is 11.8 Å². The van der Waals surface area contributed by atoms with E-state index in [1.807, 2.05) is 30.3 Å². The molecule has 1 atom stereocenters. The van der Waals surface area contributed by atoms with E-state index in [0.29, 0.717) is 29.8 Å². The van der Waals surface area contributed by atoms with Gasteiger partial charge in [0.1, 0.15) is 0 Å². The zero-order chi connectivity index (χ0) is 22.6. The molecule has 0 aliphatic carbocycles. The van der Waals surface area contributed by atoms with Gasteiger partial charge < -0.3 is 5.32 Å². The van der Waals surface area contributed by atoms with E-state index in [4.69, 9.17) is 0 Å². The monoisotopic (exact) mass is 471 g/mol. The average Bonchev–Trinajstić information content (AvgIpc) is 3.29. The Morgan fingerprint density at radius 3 is 2.44 bits per heavy atom. The maximum absolute atomic E-state index is 12.8. The zero-order valence-electron chi connectivity index (χ0n) is 17.7. The predicted octanol–water partition coefficient (Wildman–Crippen LogP) is 3.77.